The van der Waals surface area contributed by atoms with Crippen LogP contribution in [0.5, 0.6) is 0 Å². The number of hydrogen-bond acceptors (Lipinski definition) is 4. The van der Waals surface area contributed by atoms with E-state index in [1.54, 1.807) is 0 Å². The molecule has 56 heavy (non-hydrogen) atoms. The van der Waals surface area contributed by atoms with E-state index in [0.29, 0.717) is 17.5 Å². The van der Waals surface area contributed by atoms with Gasteiger partial charge < -0.3 is 4.42 Å². The fourth-order valence-electron chi connectivity index (χ4n) is 8.70. The second kappa shape index (κ2) is 12.9. The molecular weight excluding hydrogens is 683 g/mol. The number of nitrogens with zero attached hydrogens (tertiary/aromatic N) is 3. The zero-order chi connectivity index (χ0) is 37.1. The van der Waals surface area contributed by atoms with Crippen molar-refractivity contribution < 1.29 is 4.42 Å². The van der Waals surface area contributed by atoms with Crippen LogP contribution in [0.3, 0.4) is 0 Å². The maximum atomic E-state index is 6.32. The molecule has 0 bridgehead atoms. The normalized spacial score (nSPS) is 12.8. The molecule has 4 heteroatoms. The van der Waals surface area contributed by atoms with Crippen LogP contribution < -0.4 is 0 Å². The Morgan fingerprint density at radius 1 is 0.321 bits per heavy atom. The van der Waals surface area contributed by atoms with Gasteiger partial charge in [0.2, 0.25) is 0 Å². The molecule has 0 radical (unpaired) electrons. The van der Waals surface area contributed by atoms with Crippen molar-refractivity contribution in [1.29, 1.82) is 0 Å². The molecule has 262 valence electrons. The fourth-order valence-corrected chi connectivity index (χ4v) is 8.70. The van der Waals surface area contributed by atoms with Gasteiger partial charge in [-0.05, 0) is 74.8 Å². The van der Waals surface area contributed by atoms with Crippen molar-refractivity contribution in [3.8, 4) is 56.4 Å². The van der Waals surface area contributed by atoms with Gasteiger partial charge in [-0.3, -0.25) is 0 Å². The Bertz CT molecular complexity index is 3050. The summed E-state index contributed by atoms with van der Waals surface area (Å²) in [5.74, 6) is 1.79. The molecular formula is C52H33N3O. The molecule has 8 aromatic carbocycles. The lowest BCUT2D eigenvalue weighted by Gasteiger charge is -2.34. The third-order valence-corrected chi connectivity index (χ3v) is 11.2. The minimum Gasteiger partial charge on any atom is -0.456 e. The van der Waals surface area contributed by atoms with Gasteiger partial charge in [-0.1, -0.05) is 170 Å². The highest BCUT2D eigenvalue weighted by Crippen LogP contribution is 2.56. The maximum absolute atomic E-state index is 6.32. The molecule has 0 saturated heterocycles. The Balaban J connectivity index is 1.13. The van der Waals surface area contributed by atoms with Crippen molar-refractivity contribution in [2.24, 2.45) is 0 Å². The van der Waals surface area contributed by atoms with Crippen molar-refractivity contribution in [1.82, 2.24) is 15.0 Å². The first-order chi connectivity index (χ1) is 27.7. The SMILES string of the molecule is c1ccc(-c2cccc(-c3nc(-c4cccc(C5(c6ccccc6)c6ccccc6-c6ccccc65)c4)nc(-c4ccc5c(c4)oc4ccccc45)n3)c2)cc1. The summed E-state index contributed by atoms with van der Waals surface area (Å²) in [6.45, 7) is 0. The van der Waals surface area contributed by atoms with Crippen molar-refractivity contribution in [2.45, 2.75) is 5.41 Å². The predicted octanol–water partition coefficient (Wildman–Crippen LogP) is 12.8. The maximum Gasteiger partial charge on any atom is 0.164 e. The van der Waals surface area contributed by atoms with E-state index in [0.717, 1.165) is 55.3 Å². The first kappa shape index (κ1) is 32.0. The van der Waals surface area contributed by atoms with Crippen molar-refractivity contribution in [2.75, 3.05) is 0 Å². The van der Waals surface area contributed by atoms with Crippen molar-refractivity contribution in [3.63, 3.8) is 0 Å². The molecule has 1 aliphatic rings. The highest BCUT2D eigenvalue weighted by Gasteiger charge is 2.45. The van der Waals surface area contributed by atoms with Gasteiger partial charge >= 0.3 is 0 Å². The van der Waals surface area contributed by atoms with Gasteiger partial charge in [0.1, 0.15) is 11.2 Å². The highest BCUT2D eigenvalue weighted by atomic mass is 16.3. The molecule has 11 rings (SSSR count). The molecule has 1 aliphatic carbocycles. The van der Waals surface area contributed by atoms with Gasteiger partial charge in [-0.25, -0.2) is 15.0 Å². The van der Waals surface area contributed by atoms with Crippen LogP contribution in [0, 0.1) is 0 Å². The van der Waals surface area contributed by atoms with Crippen LogP contribution in [-0.4, -0.2) is 15.0 Å². The van der Waals surface area contributed by atoms with Crippen LogP contribution in [0.25, 0.3) is 78.4 Å². The average molecular weight is 716 g/mol. The molecule has 0 spiro atoms. The van der Waals surface area contributed by atoms with Gasteiger partial charge in [-0.2, -0.15) is 0 Å². The standard InChI is InChI=1S/C52H33N3O/c1-3-15-34(16-4-1)35-17-13-18-36(31-35)49-53-50(55-51(54-49)38-29-30-44-43-25-9-12-28-47(43)56-48(44)33-38)37-19-14-22-40(32-37)52(39-20-5-2-6-21-39)45-26-10-7-23-41(45)42-24-8-11-27-46(42)52/h1-33H. The first-order valence-electron chi connectivity index (χ1n) is 18.9. The monoisotopic (exact) mass is 715 g/mol. The lowest BCUT2D eigenvalue weighted by molar-refractivity contribution is 0.669. The number of benzene rings is 8. The Morgan fingerprint density at radius 3 is 1.54 bits per heavy atom. The highest BCUT2D eigenvalue weighted by molar-refractivity contribution is 6.05. The molecule has 2 heterocycles. The number of rotatable bonds is 6. The lowest BCUT2D eigenvalue weighted by atomic mass is 9.67. The number of fused-ring (bicyclic) bond motifs is 6. The molecule has 10 aromatic rings. The molecule has 0 amide bonds. The average Bonchev–Trinajstić information content (AvgIpc) is 3.80. The molecule has 0 unspecified atom stereocenters. The summed E-state index contributed by atoms with van der Waals surface area (Å²) in [4.78, 5) is 15.6. The van der Waals surface area contributed by atoms with Gasteiger partial charge in [0.05, 0.1) is 5.41 Å². The largest absolute Gasteiger partial charge is 0.456 e. The van der Waals surface area contributed by atoms with E-state index >= 15 is 0 Å². The second-order valence-electron chi connectivity index (χ2n) is 14.4. The molecule has 0 fully saturated rings. The Labute approximate surface area is 324 Å². The summed E-state index contributed by atoms with van der Waals surface area (Å²) >= 11 is 0. The summed E-state index contributed by atoms with van der Waals surface area (Å²) in [5, 5.41) is 2.15. The van der Waals surface area contributed by atoms with Crippen LogP contribution in [0.1, 0.15) is 22.3 Å². The topological polar surface area (TPSA) is 51.8 Å². The van der Waals surface area contributed by atoms with E-state index in [-0.39, 0.29) is 0 Å². The van der Waals surface area contributed by atoms with E-state index in [2.05, 4.69) is 170 Å². The Morgan fingerprint density at radius 2 is 0.821 bits per heavy atom. The Hall–Kier alpha value is -7.43. The van der Waals surface area contributed by atoms with Gasteiger partial charge in [0.25, 0.3) is 0 Å². The molecule has 2 aromatic heterocycles. The molecule has 0 aliphatic heterocycles. The minimum absolute atomic E-state index is 0.542. The second-order valence-corrected chi connectivity index (χ2v) is 14.4. The quantitative estimate of drug-likeness (QED) is 0.172. The number of para-hydroxylation sites is 1. The molecule has 0 atom stereocenters. The van der Waals surface area contributed by atoms with Crippen LogP contribution >= 0.6 is 0 Å². The van der Waals surface area contributed by atoms with Gasteiger partial charge in [-0.15, -0.1) is 0 Å². The summed E-state index contributed by atoms with van der Waals surface area (Å²) in [7, 11) is 0. The van der Waals surface area contributed by atoms with E-state index in [1.165, 1.54) is 27.8 Å². The van der Waals surface area contributed by atoms with Crippen molar-refractivity contribution >= 4 is 21.9 Å². The minimum atomic E-state index is -0.542. The van der Waals surface area contributed by atoms with E-state index < -0.39 is 5.41 Å². The van der Waals surface area contributed by atoms with Crippen molar-refractivity contribution in [3.05, 3.63) is 222 Å². The molecule has 4 nitrogen and oxygen atoms in total. The van der Waals surface area contributed by atoms with Gasteiger partial charge in [0.15, 0.2) is 17.5 Å². The number of aromatic nitrogens is 3. The summed E-state index contributed by atoms with van der Waals surface area (Å²) in [6.07, 6.45) is 0. The fraction of sp³-hybridized carbons (Fsp3) is 0.0192. The third kappa shape index (κ3) is 5.04. The smallest absolute Gasteiger partial charge is 0.164 e. The number of hydrogen-bond donors (Lipinski definition) is 0. The van der Waals surface area contributed by atoms with E-state index in [1.807, 2.05) is 30.3 Å². The van der Waals surface area contributed by atoms with E-state index in [4.69, 9.17) is 19.4 Å². The summed E-state index contributed by atoms with van der Waals surface area (Å²) < 4.78 is 6.32. The van der Waals surface area contributed by atoms with Crippen LogP contribution in [0.4, 0.5) is 0 Å². The van der Waals surface area contributed by atoms with Gasteiger partial charge in [0, 0.05) is 27.5 Å². The van der Waals surface area contributed by atoms with E-state index in [9.17, 15) is 0 Å². The number of furan rings is 1. The zero-order valence-electron chi connectivity index (χ0n) is 30.3. The predicted molar refractivity (Wildman–Crippen MR) is 226 cm³/mol. The molecule has 0 N–H and O–H groups in total. The van der Waals surface area contributed by atoms with Crippen LogP contribution in [0.15, 0.2) is 205 Å². The van der Waals surface area contributed by atoms with Crippen LogP contribution in [-0.2, 0) is 5.41 Å². The molecule has 0 saturated carbocycles. The summed E-state index contributed by atoms with van der Waals surface area (Å²) in [5.41, 5.74) is 13.4. The summed E-state index contributed by atoms with van der Waals surface area (Å²) in [6, 6.07) is 70.5. The Kier molecular flexibility index (Phi) is 7.36. The zero-order valence-corrected chi connectivity index (χ0v) is 30.3. The third-order valence-electron chi connectivity index (χ3n) is 11.2. The lowest BCUT2D eigenvalue weighted by Crippen LogP contribution is -2.28. The first-order valence-corrected chi connectivity index (χ1v) is 18.9. The van der Waals surface area contributed by atoms with Crippen LogP contribution in [0.2, 0.25) is 0 Å².